The van der Waals surface area contributed by atoms with Crippen molar-refractivity contribution in [2.24, 2.45) is 5.92 Å². The van der Waals surface area contributed by atoms with Crippen LogP contribution in [0.15, 0.2) is 30.3 Å². The summed E-state index contributed by atoms with van der Waals surface area (Å²) in [5.41, 5.74) is 4.54. The standard InChI is InChI=1S/C30H43N3O3/c1-21(2)24-11-13-27(36-3)26(20-24)28(30(34)35)22-14-18-33(19-15-22)17-6-4-5-9-25-12-10-23-8-7-16-31-29(23)32-25/h10-13,20-22,28H,4-9,14-19H2,1-3H3,(H,31,32)(H,34,35)/t28-/m1/s1. The average Bonchev–Trinajstić information content (AvgIpc) is 2.89. The number of methoxy groups -OCH3 is 1. The molecule has 6 heteroatoms. The molecule has 0 amide bonds. The Labute approximate surface area is 216 Å². The number of aromatic nitrogens is 1. The summed E-state index contributed by atoms with van der Waals surface area (Å²) in [5.74, 6) is 1.02. The summed E-state index contributed by atoms with van der Waals surface area (Å²) in [4.78, 5) is 19.7. The minimum Gasteiger partial charge on any atom is -0.496 e. The first-order valence-corrected chi connectivity index (χ1v) is 13.8. The number of nitrogens with zero attached hydrogens (tertiary/aromatic N) is 2. The second-order valence-electron chi connectivity index (χ2n) is 10.8. The Kier molecular flexibility index (Phi) is 9.24. The third-order valence-electron chi connectivity index (χ3n) is 7.98. The summed E-state index contributed by atoms with van der Waals surface area (Å²) in [6.07, 6.45) is 8.74. The molecule has 0 aliphatic carbocycles. The van der Waals surface area contributed by atoms with E-state index in [9.17, 15) is 9.90 Å². The highest BCUT2D eigenvalue weighted by atomic mass is 16.5. The van der Waals surface area contributed by atoms with Gasteiger partial charge >= 0.3 is 5.97 Å². The first-order valence-electron chi connectivity index (χ1n) is 13.8. The lowest BCUT2D eigenvalue weighted by atomic mass is 9.78. The molecule has 1 fully saturated rings. The maximum atomic E-state index is 12.4. The Morgan fingerprint density at radius 1 is 1.17 bits per heavy atom. The van der Waals surface area contributed by atoms with Crippen LogP contribution in [0.3, 0.4) is 0 Å². The quantitative estimate of drug-likeness (QED) is 0.382. The van der Waals surface area contributed by atoms with Gasteiger partial charge in [0.05, 0.1) is 13.0 Å². The molecule has 0 saturated carbocycles. The van der Waals surface area contributed by atoms with Gasteiger partial charge in [-0.3, -0.25) is 4.79 Å². The highest BCUT2D eigenvalue weighted by Gasteiger charge is 2.34. The molecule has 2 aromatic rings. The van der Waals surface area contributed by atoms with Crippen LogP contribution in [0.5, 0.6) is 5.75 Å². The van der Waals surface area contributed by atoms with Crippen LogP contribution in [0.2, 0.25) is 0 Å². The zero-order valence-corrected chi connectivity index (χ0v) is 22.3. The third-order valence-corrected chi connectivity index (χ3v) is 7.98. The van der Waals surface area contributed by atoms with Crippen LogP contribution in [-0.4, -0.2) is 54.2 Å². The maximum Gasteiger partial charge on any atom is 0.311 e. The largest absolute Gasteiger partial charge is 0.496 e. The predicted molar refractivity (Wildman–Crippen MR) is 145 cm³/mol. The number of benzene rings is 1. The molecule has 1 saturated heterocycles. The molecule has 0 bridgehead atoms. The topological polar surface area (TPSA) is 74.7 Å². The van der Waals surface area contributed by atoms with Crippen molar-refractivity contribution < 1.29 is 14.6 Å². The van der Waals surface area contributed by atoms with Gasteiger partial charge in [-0.15, -0.1) is 0 Å². The lowest BCUT2D eigenvalue weighted by Crippen LogP contribution is -2.37. The molecule has 1 aromatic heterocycles. The van der Waals surface area contributed by atoms with E-state index in [0.29, 0.717) is 11.7 Å². The Balaban J connectivity index is 1.24. The number of carboxylic acids is 1. The molecule has 0 spiro atoms. The molecular formula is C30H43N3O3. The number of aliphatic carboxylic acids is 1. The van der Waals surface area contributed by atoms with Crippen molar-refractivity contribution in [3.63, 3.8) is 0 Å². The van der Waals surface area contributed by atoms with Gasteiger partial charge < -0.3 is 20.1 Å². The van der Waals surface area contributed by atoms with Crippen LogP contribution in [0.25, 0.3) is 0 Å². The van der Waals surface area contributed by atoms with Crippen LogP contribution < -0.4 is 10.1 Å². The summed E-state index contributed by atoms with van der Waals surface area (Å²) >= 11 is 0. The molecule has 196 valence electrons. The van der Waals surface area contributed by atoms with E-state index in [1.54, 1.807) is 7.11 Å². The highest BCUT2D eigenvalue weighted by molar-refractivity contribution is 5.78. The number of carboxylic acid groups (broad SMARTS) is 1. The van der Waals surface area contributed by atoms with E-state index in [4.69, 9.17) is 9.72 Å². The van der Waals surface area contributed by atoms with Gasteiger partial charge in [0.1, 0.15) is 11.6 Å². The third kappa shape index (κ3) is 6.58. The summed E-state index contributed by atoms with van der Waals surface area (Å²) in [7, 11) is 1.63. The molecule has 2 aliphatic heterocycles. The molecule has 2 aliphatic rings. The number of hydrogen-bond acceptors (Lipinski definition) is 5. The number of anilines is 1. The van der Waals surface area contributed by atoms with Gasteiger partial charge in [0.15, 0.2) is 0 Å². The fourth-order valence-electron chi connectivity index (χ4n) is 5.78. The Morgan fingerprint density at radius 2 is 1.97 bits per heavy atom. The van der Waals surface area contributed by atoms with E-state index < -0.39 is 11.9 Å². The summed E-state index contributed by atoms with van der Waals surface area (Å²) in [6.45, 7) is 8.35. The molecule has 3 heterocycles. The summed E-state index contributed by atoms with van der Waals surface area (Å²) in [6, 6.07) is 10.5. The van der Waals surface area contributed by atoms with Gasteiger partial charge in [0.2, 0.25) is 0 Å². The van der Waals surface area contributed by atoms with Gasteiger partial charge in [-0.2, -0.15) is 0 Å². The number of fused-ring (bicyclic) bond motifs is 1. The smallest absolute Gasteiger partial charge is 0.311 e. The first-order chi connectivity index (χ1) is 17.5. The zero-order chi connectivity index (χ0) is 25.5. The van der Waals surface area contributed by atoms with Crippen LogP contribution in [0, 0.1) is 5.92 Å². The van der Waals surface area contributed by atoms with E-state index in [0.717, 1.165) is 75.2 Å². The lowest BCUT2D eigenvalue weighted by molar-refractivity contribution is -0.140. The maximum absolute atomic E-state index is 12.4. The lowest BCUT2D eigenvalue weighted by Gasteiger charge is -2.35. The van der Waals surface area contributed by atoms with Gasteiger partial charge in [-0.05, 0) is 99.7 Å². The van der Waals surface area contributed by atoms with Crippen molar-refractivity contribution in [1.29, 1.82) is 0 Å². The number of unbranched alkanes of at least 4 members (excludes halogenated alkanes) is 2. The fourth-order valence-corrected chi connectivity index (χ4v) is 5.78. The summed E-state index contributed by atoms with van der Waals surface area (Å²) in [5, 5.41) is 13.6. The van der Waals surface area contributed by atoms with E-state index in [-0.39, 0.29) is 5.92 Å². The number of aryl methyl sites for hydroxylation is 2. The molecule has 36 heavy (non-hydrogen) atoms. The van der Waals surface area contributed by atoms with Gasteiger partial charge in [0.25, 0.3) is 0 Å². The number of carbonyl (C=O) groups is 1. The molecule has 0 radical (unpaired) electrons. The van der Waals surface area contributed by atoms with Gasteiger partial charge in [-0.1, -0.05) is 38.5 Å². The van der Waals surface area contributed by atoms with Crippen LogP contribution in [0.1, 0.15) is 86.6 Å². The predicted octanol–water partition coefficient (Wildman–Crippen LogP) is 5.86. The van der Waals surface area contributed by atoms with E-state index >= 15 is 0 Å². The minimum atomic E-state index is -0.737. The van der Waals surface area contributed by atoms with Crippen LogP contribution in [0.4, 0.5) is 5.82 Å². The molecule has 0 unspecified atom stereocenters. The second kappa shape index (κ2) is 12.6. The van der Waals surface area contributed by atoms with E-state index in [2.05, 4.69) is 42.3 Å². The SMILES string of the molecule is COc1ccc(C(C)C)cc1[C@H](C(=O)O)C1CCN(CCCCCc2ccc3c(n2)NCCC3)CC1. The molecular weight excluding hydrogens is 450 g/mol. The van der Waals surface area contributed by atoms with Crippen LogP contribution in [-0.2, 0) is 17.6 Å². The molecule has 1 atom stereocenters. The Hall–Kier alpha value is -2.60. The van der Waals surface area contributed by atoms with Gasteiger partial charge in [0, 0.05) is 17.8 Å². The number of nitrogens with one attached hydrogen (secondary N) is 1. The molecule has 2 N–H and O–H groups in total. The minimum absolute atomic E-state index is 0.138. The number of pyridine rings is 1. The van der Waals surface area contributed by atoms with E-state index in [1.165, 1.54) is 30.5 Å². The second-order valence-corrected chi connectivity index (χ2v) is 10.8. The van der Waals surface area contributed by atoms with Crippen molar-refractivity contribution in [2.75, 3.05) is 38.6 Å². The molecule has 1 aromatic carbocycles. The fraction of sp³-hybridized carbons (Fsp3) is 0.600. The monoisotopic (exact) mass is 493 g/mol. The van der Waals surface area contributed by atoms with Crippen LogP contribution >= 0.6 is 0 Å². The van der Waals surface area contributed by atoms with Crippen molar-refractivity contribution >= 4 is 11.8 Å². The number of piperidine rings is 1. The molecule has 4 rings (SSSR count). The van der Waals surface area contributed by atoms with Crippen molar-refractivity contribution in [3.8, 4) is 5.75 Å². The molecule has 6 nitrogen and oxygen atoms in total. The number of likely N-dealkylation sites (tertiary alicyclic amines) is 1. The Morgan fingerprint density at radius 3 is 2.69 bits per heavy atom. The van der Waals surface area contributed by atoms with Crippen molar-refractivity contribution in [2.45, 2.75) is 77.0 Å². The van der Waals surface area contributed by atoms with E-state index in [1.807, 2.05) is 12.1 Å². The van der Waals surface area contributed by atoms with Crippen molar-refractivity contribution in [1.82, 2.24) is 9.88 Å². The first kappa shape index (κ1) is 26.5. The van der Waals surface area contributed by atoms with Crippen molar-refractivity contribution in [3.05, 3.63) is 52.7 Å². The van der Waals surface area contributed by atoms with Gasteiger partial charge in [-0.25, -0.2) is 4.98 Å². The Bertz CT molecular complexity index is 1010. The number of ether oxygens (including phenoxy) is 1. The zero-order valence-electron chi connectivity index (χ0n) is 22.3. The number of rotatable bonds is 11. The normalized spacial score (nSPS) is 17.4. The number of hydrogen-bond donors (Lipinski definition) is 2. The highest BCUT2D eigenvalue weighted by Crippen LogP contribution is 2.39. The summed E-state index contributed by atoms with van der Waals surface area (Å²) < 4.78 is 5.58. The average molecular weight is 494 g/mol.